The number of rotatable bonds is 4. The average molecular weight is 392 g/mol. The zero-order chi connectivity index (χ0) is 21.5. The lowest BCUT2D eigenvalue weighted by Gasteiger charge is -2.58. The van der Waals surface area contributed by atoms with Crippen LogP contribution in [-0.2, 0) is 23.9 Å². The number of carbonyl (C=O) groups is 3. The molecule has 0 aromatic heterocycles. The van der Waals surface area contributed by atoms with Crippen molar-refractivity contribution >= 4 is 17.7 Å². The number of ether oxygens (including phenoxy) is 2. The van der Waals surface area contributed by atoms with Gasteiger partial charge >= 0.3 is 11.9 Å². The summed E-state index contributed by atoms with van der Waals surface area (Å²) in [6.07, 6.45) is 2.33. The zero-order valence-electron chi connectivity index (χ0n) is 17.8. The van der Waals surface area contributed by atoms with Gasteiger partial charge in [0.15, 0.2) is 5.78 Å². The lowest BCUT2D eigenvalue weighted by atomic mass is 9.51. The molecule has 1 N–H and O–H groups in total. The van der Waals surface area contributed by atoms with Crippen LogP contribution in [0.5, 0.6) is 0 Å². The predicted octanol–water partition coefficient (Wildman–Crippen LogP) is 3.27. The van der Waals surface area contributed by atoms with Crippen molar-refractivity contribution in [2.24, 2.45) is 11.3 Å². The fourth-order valence-corrected chi connectivity index (χ4v) is 4.80. The summed E-state index contributed by atoms with van der Waals surface area (Å²) < 4.78 is 11.5. The first kappa shape index (κ1) is 22.3. The quantitative estimate of drug-likeness (QED) is 0.449. The van der Waals surface area contributed by atoms with Gasteiger partial charge in [-0.05, 0) is 57.9 Å². The number of hydrogen-bond donors (Lipinski definition) is 1. The van der Waals surface area contributed by atoms with Gasteiger partial charge in [-0.1, -0.05) is 19.6 Å². The van der Waals surface area contributed by atoms with Crippen LogP contribution in [0.1, 0.15) is 67.2 Å². The molecule has 0 bridgehead atoms. The summed E-state index contributed by atoms with van der Waals surface area (Å²) in [5.74, 6) is -1.59. The summed E-state index contributed by atoms with van der Waals surface area (Å²) >= 11 is 0. The maximum Gasteiger partial charge on any atom is 0.333 e. The van der Waals surface area contributed by atoms with Gasteiger partial charge < -0.3 is 14.6 Å². The van der Waals surface area contributed by atoms with Crippen molar-refractivity contribution < 1.29 is 29.0 Å². The molecule has 6 heteroatoms. The highest BCUT2D eigenvalue weighted by molar-refractivity contribution is 5.92. The first-order valence-corrected chi connectivity index (χ1v) is 9.75. The van der Waals surface area contributed by atoms with Gasteiger partial charge in [0.05, 0.1) is 0 Å². The molecule has 2 rings (SSSR count). The SMILES string of the molecule is C=C(C)[C@@]1(O)C[C@@H]2[C@](C)(CC[C@H](OC(=O)/C(C)=C\C)[C@]2(C)OC(C)=O)CC1=O. The van der Waals surface area contributed by atoms with Crippen LogP contribution in [0.3, 0.4) is 0 Å². The Morgan fingerprint density at radius 3 is 2.36 bits per heavy atom. The van der Waals surface area contributed by atoms with E-state index in [4.69, 9.17) is 9.47 Å². The van der Waals surface area contributed by atoms with Crippen molar-refractivity contribution in [1.82, 2.24) is 0 Å². The Morgan fingerprint density at radius 1 is 1.25 bits per heavy atom. The van der Waals surface area contributed by atoms with Crippen LogP contribution in [0.2, 0.25) is 0 Å². The summed E-state index contributed by atoms with van der Waals surface area (Å²) in [5.41, 5.74) is -2.46. The van der Waals surface area contributed by atoms with E-state index < -0.39 is 34.7 Å². The number of Topliss-reactive ketones (excluding diaryl/α,β-unsaturated/α-hetero) is 1. The molecule has 0 heterocycles. The highest BCUT2D eigenvalue weighted by Gasteiger charge is 2.63. The lowest BCUT2D eigenvalue weighted by molar-refractivity contribution is -0.227. The second kappa shape index (κ2) is 7.47. The Labute approximate surface area is 167 Å². The molecule has 0 aromatic carbocycles. The topological polar surface area (TPSA) is 89.9 Å². The van der Waals surface area contributed by atoms with Crippen molar-refractivity contribution in [1.29, 1.82) is 0 Å². The summed E-state index contributed by atoms with van der Waals surface area (Å²) in [5, 5.41) is 11.0. The Morgan fingerprint density at radius 2 is 1.86 bits per heavy atom. The standard InChI is InChI=1S/C22H32O6/c1-8-14(4)19(25)27-18-9-10-20(6)12-17(24)22(26,13(2)3)11-16(20)21(18,7)28-15(5)23/h8,16,18,26H,2,9-12H2,1,3-7H3/b14-8-/t16-,18+,20-,21-,22+/m1/s1. The fourth-order valence-electron chi connectivity index (χ4n) is 4.80. The molecule has 0 aliphatic heterocycles. The average Bonchev–Trinajstić information content (AvgIpc) is 2.58. The van der Waals surface area contributed by atoms with E-state index in [0.717, 1.165) is 0 Å². The highest BCUT2D eigenvalue weighted by atomic mass is 16.6. The van der Waals surface area contributed by atoms with Crippen LogP contribution in [0.4, 0.5) is 0 Å². The number of aliphatic hydroxyl groups is 1. The summed E-state index contributed by atoms with van der Waals surface area (Å²) in [6, 6.07) is 0. The number of allylic oxidation sites excluding steroid dienone is 1. The van der Waals surface area contributed by atoms with Crippen LogP contribution in [-0.4, -0.2) is 40.1 Å². The first-order chi connectivity index (χ1) is 12.8. The van der Waals surface area contributed by atoms with Crippen LogP contribution in [0.15, 0.2) is 23.8 Å². The molecule has 2 fully saturated rings. The normalized spacial score (nSPS) is 38.4. The largest absolute Gasteiger partial charge is 0.455 e. The Balaban J connectivity index is 2.49. The second-order valence-corrected chi connectivity index (χ2v) is 8.83. The first-order valence-electron chi connectivity index (χ1n) is 9.75. The van der Waals surface area contributed by atoms with Gasteiger partial charge in [0, 0.05) is 24.8 Å². The molecule has 0 spiro atoms. The number of hydrogen-bond acceptors (Lipinski definition) is 6. The number of carbonyl (C=O) groups excluding carboxylic acids is 3. The van der Waals surface area contributed by atoms with E-state index in [0.29, 0.717) is 24.0 Å². The van der Waals surface area contributed by atoms with Crippen molar-refractivity contribution in [2.75, 3.05) is 0 Å². The molecule has 2 aliphatic rings. The predicted molar refractivity (Wildman–Crippen MR) is 104 cm³/mol. The minimum absolute atomic E-state index is 0.0814. The van der Waals surface area contributed by atoms with Crippen LogP contribution >= 0.6 is 0 Å². The van der Waals surface area contributed by atoms with E-state index in [-0.39, 0.29) is 24.5 Å². The Kier molecular flexibility index (Phi) is 5.96. The van der Waals surface area contributed by atoms with Crippen LogP contribution < -0.4 is 0 Å². The molecule has 6 nitrogen and oxygen atoms in total. The monoisotopic (exact) mass is 392 g/mol. The molecule has 0 amide bonds. The molecule has 0 saturated heterocycles. The molecule has 156 valence electrons. The van der Waals surface area contributed by atoms with Crippen molar-refractivity contribution in [3.05, 3.63) is 23.8 Å². The van der Waals surface area contributed by atoms with Gasteiger partial charge in [-0.3, -0.25) is 9.59 Å². The van der Waals surface area contributed by atoms with Crippen molar-refractivity contribution in [3.63, 3.8) is 0 Å². The summed E-state index contributed by atoms with van der Waals surface area (Å²) in [4.78, 5) is 37.1. The van der Waals surface area contributed by atoms with E-state index in [1.165, 1.54) is 6.92 Å². The maximum atomic E-state index is 12.7. The minimum Gasteiger partial charge on any atom is -0.455 e. The van der Waals surface area contributed by atoms with E-state index in [1.807, 2.05) is 6.92 Å². The number of esters is 2. The van der Waals surface area contributed by atoms with E-state index in [9.17, 15) is 19.5 Å². The van der Waals surface area contributed by atoms with Gasteiger partial charge in [0.25, 0.3) is 0 Å². The zero-order valence-corrected chi connectivity index (χ0v) is 17.8. The summed E-state index contributed by atoms with van der Waals surface area (Å²) in [7, 11) is 0. The van der Waals surface area contributed by atoms with Gasteiger partial charge in [0.2, 0.25) is 0 Å². The molecule has 2 aliphatic carbocycles. The third-order valence-corrected chi connectivity index (χ3v) is 6.75. The molecule has 0 aromatic rings. The van der Waals surface area contributed by atoms with E-state index in [2.05, 4.69) is 6.58 Å². The molecule has 0 unspecified atom stereocenters. The number of fused-ring (bicyclic) bond motifs is 1. The van der Waals surface area contributed by atoms with Crippen LogP contribution in [0.25, 0.3) is 0 Å². The third kappa shape index (κ3) is 3.66. The van der Waals surface area contributed by atoms with Gasteiger partial charge in [-0.2, -0.15) is 0 Å². The second-order valence-electron chi connectivity index (χ2n) is 8.83. The third-order valence-electron chi connectivity index (χ3n) is 6.75. The molecule has 28 heavy (non-hydrogen) atoms. The Bertz CT molecular complexity index is 737. The van der Waals surface area contributed by atoms with Gasteiger partial charge in [0.1, 0.15) is 17.3 Å². The minimum atomic E-state index is -1.67. The Hall–Kier alpha value is -1.95. The van der Waals surface area contributed by atoms with Crippen molar-refractivity contribution in [2.45, 2.75) is 84.5 Å². The van der Waals surface area contributed by atoms with E-state index >= 15 is 0 Å². The molecular weight excluding hydrogens is 360 g/mol. The van der Waals surface area contributed by atoms with Gasteiger partial charge in [-0.15, -0.1) is 0 Å². The van der Waals surface area contributed by atoms with Crippen LogP contribution in [0, 0.1) is 11.3 Å². The summed E-state index contributed by atoms with van der Waals surface area (Å²) in [6.45, 7) is 13.9. The number of ketones is 1. The fraction of sp³-hybridized carbons (Fsp3) is 0.682. The molecule has 0 radical (unpaired) electrons. The van der Waals surface area contributed by atoms with Gasteiger partial charge in [-0.25, -0.2) is 4.79 Å². The maximum absolute atomic E-state index is 12.7. The molecular formula is C22H32O6. The lowest BCUT2D eigenvalue weighted by Crippen LogP contribution is -2.65. The molecule has 5 atom stereocenters. The van der Waals surface area contributed by atoms with Crippen molar-refractivity contribution in [3.8, 4) is 0 Å². The molecule has 2 saturated carbocycles. The van der Waals surface area contributed by atoms with E-state index in [1.54, 1.807) is 33.8 Å². The highest BCUT2D eigenvalue weighted by Crippen LogP contribution is 2.58. The smallest absolute Gasteiger partial charge is 0.333 e.